The Morgan fingerprint density at radius 1 is 0.297 bits per heavy atom. The van der Waals surface area contributed by atoms with Gasteiger partial charge in [0.25, 0.3) is 6.71 Å². The molecule has 0 bridgehead atoms. The first-order valence-electron chi connectivity index (χ1n) is 26.0. The van der Waals surface area contributed by atoms with Crippen LogP contribution in [0.25, 0.3) is 66.8 Å². The molecule has 0 N–H and O–H groups in total. The van der Waals surface area contributed by atoms with Crippen molar-refractivity contribution in [2.75, 3.05) is 9.80 Å². The minimum Gasteiger partial charge on any atom is -0.310 e. The number of hydrogen-bond acceptors (Lipinski definition) is 2. The number of hydrogen-bond donors (Lipinski definition) is 0. The van der Waals surface area contributed by atoms with Crippen molar-refractivity contribution in [2.45, 2.75) is 33.1 Å². The van der Waals surface area contributed by atoms with Crippen molar-refractivity contribution < 1.29 is 0 Å². The summed E-state index contributed by atoms with van der Waals surface area (Å²) in [6.07, 6.45) is 0. The molecule has 11 aromatic rings. The third-order valence-corrected chi connectivity index (χ3v) is 15.3. The van der Waals surface area contributed by atoms with Gasteiger partial charge in [-0.1, -0.05) is 257 Å². The Morgan fingerprint density at radius 3 is 1.07 bits per heavy atom. The second kappa shape index (κ2) is 18.3. The van der Waals surface area contributed by atoms with Crippen molar-refractivity contribution >= 4 is 57.2 Å². The van der Waals surface area contributed by atoms with E-state index in [1.165, 1.54) is 117 Å². The van der Waals surface area contributed by atoms with Gasteiger partial charge in [-0.15, -0.1) is 0 Å². The van der Waals surface area contributed by atoms with Crippen LogP contribution in [0.15, 0.2) is 261 Å². The molecule has 0 saturated heterocycles. The van der Waals surface area contributed by atoms with Crippen molar-refractivity contribution in [3.05, 3.63) is 272 Å². The van der Waals surface area contributed by atoms with Gasteiger partial charge in [0.2, 0.25) is 0 Å². The molecule has 0 amide bonds. The molecule has 0 saturated carbocycles. The second-order valence-corrected chi connectivity index (χ2v) is 20.9. The van der Waals surface area contributed by atoms with Gasteiger partial charge in [0.05, 0.1) is 11.4 Å². The predicted octanol–water partition coefficient (Wildman–Crippen LogP) is 17.4. The van der Waals surface area contributed by atoms with Crippen molar-refractivity contribution in [3.63, 3.8) is 0 Å². The highest BCUT2D eigenvalue weighted by molar-refractivity contribution is 7.00. The Kier molecular flexibility index (Phi) is 11.1. The molecule has 0 spiro atoms. The van der Waals surface area contributed by atoms with Crippen molar-refractivity contribution in [2.24, 2.45) is 0 Å². The van der Waals surface area contributed by atoms with Crippen LogP contribution in [0.5, 0.6) is 0 Å². The lowest BCUT2D eigenvalue weighted by molar-refractivity contribution is 0.590. The van der Waals surface area contributed by atoms with E-state index in [9.17, 15) is 0 Å². The first-order valence-corrected chi connectivity index (χ1v) is 26.0. The van der Waals surface area contributed by atoms with E-state index in [1.54, 1.807) is 0 Å². The Hall–Kier alpha value is -8.92. The molecule has 2 aliphatic rings. The highest BCUT2D eigenvalue weighted by atomic mass is 15.2. The number of aryl methyl sites for hydroxylation is 1. The predicted molar refractivity (Wildman–Crippen MR) is 317 cm³/mol. The normalized spacial score (nSPS) is 12.5. The zero-order valence-corrected chi connectivity index (χ0v) is 42.3. The molecule has 13 rings (SSSR count). The van der Waals surface area contributed by atoms with Crippen LogP contribution < -0.4 is 26.2 Å². The van der Waals surface area contributed by atoms with Crippen LogP contribution in [0.1, 0.15) is 31.9 Å². The van der Waals surface area contributed by atoms with Crippen LogP contribution in [-0.4, -0.2) is 6.71 Å². The lowest BCUT2D eigenvalue weighted by atomic mass is 9.33. The summed E-state index contributed by atoms with van der Waals surface area (Å²) in [4.78, 5) is 5.31. The van der Waals surface area contributed by atoms with E-state index in [4.69, 9.17) is 0 Å². The standard InChI is InChI=1S/C71H55BN2/c1-48-43-65-63(47-61(48)54-35-21-10-22-36-54)72-62-44-55(49-25-11-5-12-26-49)41-42-64(62)73(69-57(50-27-13-6-14-28-50)37-23-38-58(69)51-29-15-7-16-30-51)66-45-56(71(2,3)4)46-67(68(66)72)74(65)70-59(52-31-17-8-18-32-52)39-24-40-60(70)53-33-19-9-20-34-53/h5-47H,1-4H3. The topological polar surface area (TPSA) is 6.48 Å². The zero-order valence-electron chi connectivity index (χ0n) is 42.3. The average Bonchev–Trinajstić information content (AvgIpc) is 3.48. The summed E-state index contributed by atoms with van der Waals surface area (Å²) in [5.41, 5.74) is 27.4. The summed E-state index contributed by atoms with van der Waals surface area (Å²) in [5.74, 6) is 0. The van der Waals surface area contributed by atoms with E-state index in [0.717, 1.165) is 11.4 Å². The SMILES string of the molecule is Cc1cc2c(cc1-c1ccccc1)B1c3cc(-c4ccccc4)ccc3N(c3c(-c4ccccc4)cccc3-c3ccccc3)c3cc(C(C)(C)C)cc(c31)N2c1c(-c2ccccc2)cccc1-c1ccccc1. The third-order valence-electron chi connectivity index (χ3n) is 15.3. The van der Waals surface area contributed by atoms with E-state index < -0.39 is 0 Å². The fraction of sp³-hybridized carbons (Fsp3) is 0.0704. The Labute approximate surface area is 436 Å². The minimum atomic E-state index is -0.217. The minimum absolute atomic E-state index is 0.133. The zero-order chi connectivity index (χ0) is 49.9. The fourth-order valence-corrected chi connectivity index (χ4v) is 11.8. The smallest absolute Gasteiger partial charge is 0.252 e. The number of para-hydroxylation sites is 2. The van der Waals surface area contributed by atoms with E-state index in [2.05, 4.69) is 298 Å². The molecule has 0 atom stereocenters. The highest BCUT2D eigenvalue weighted by Gasteiger charge is 2.46. The number of nitrogens with zero attached hydrogens (tertiary/aromatic N) is 2. The molecule has 0 fully saturated rings. The number of anilines is 6. The third kappa shape index (κ3) is 7.67. The summed E-state index contributed by atoms with van der Waals surface area (Å²) in [7, 11) is 0. The maximum atomic E-state index is 2.66. The number of fused-ring (bicyclic) bond motifs is 4. The average molecular weight is 947 g/mol. The summed E-state index contributed by atoms with van der Waals surface area (Å²) in [6, 6.07) is 96.9. The molecule has 0 aromatic heterocycles. The van der Waals surface area contributed by atoms with Crippen LogP contribution in [0.2, 0.25) is 0 Å². The molecule has 11 aromatic carbocycles. The monoisotopic (exact) mass is 946 g/mol. The first kappa shape index (κ1) is 45.0. The van der Waals surface area contributed by atoms with Gasteiger partial charge in [-0.3, -0.25) is 0 Å². The van der Waals surface area contributed by atoms with Gasteiger partial charge < -0.3 is 9.80 Å². The van der Waals surface area contributed by atoms with Crippen molar-refractivity contribution in [1.82, 2.24) is 0 Å². The van der Waals surface area contributed by atoms with Crippen molar-refractivity contribution in [3.8, 4) is 66.8 Å². The maximum absolute atomic E-state index is 2.66. The van der Waals surface area contributed by atoms with E-state index in [0.29, 0.717) is 0 Å². The van der Waals surface area contributed by atoms with Crippen LogP contribution in [0.4, 0.5) is 34.1 Å². The fourth-order valence-electron chi connectivity index (χ4n) is 11.8. The van der Waals surface area contributed by atoms with Gasteiger partial charge in [-0.05, 0) is 109 Å². The van der Waals surface area contributed by atoms with Gasteiger partial charge in [-0.25, -0.2) is 0 Å². The summed E-state index contributed by atoms with van der Waals surface area (Å²) in [5, 5.41) is 0. The molecule has 2 heterocycles. The Bertz CT molecular complexity index is 3750. The molecule has 0 aliphatic carbocycles. The Balaban J connectivity index is 1.23. The molecule has 2 nitrogen and oxygen atoms in total. The molecule has 352 valence electrons. The summed E-state index contributed by atoms with van der Waals surface area (Å²) < 4.78 is 0. The van der Waals surface area contributed by atoms with Gasteiger partial charge in [0, 0.05) is 45.0 Å². The van der Waals surface area contributed by atoms with Gasteiger partial charge >= 0.3 is 0 Å². The maximum Gasteiger partial charge on any atom is 0.252 e. The number of rotatable bonds is 8. The molecule has 3 heteroatoms. The molecular weight excluding hydrogens is 892 g/mol. The van der Waals surface area contributed by atoms with Crippen LogP contribution in [-0.2, 0) is 5.41 Å². The number of benzene rings is 11. The molecule has 0 radical (unpaired) electrons. The quantitative estimate of drug-likeness (QED) is 0.140. The molecule has 74 heavy (non-hydrogen) atoms. The van der Waals surface area contributed by atoms with Gasteiger partial charge in [-0.2, -0.15) is 0 Å². The van der Waals surface area contributed by atoms with E-state index in [-0.39, 0.29) is 12.1 Å². The summed E-state index contributed by atoms with van der Waals surface area (Å²) >= 11 is 0. The van der Waals surface area contributed by atoms with E-state index >= 15 is 0 Å². The van der Waals surface area contributed by atoms with Crippen LogP contribution >= 0.6 is 0 Å². The molecule has 0 unspecified atom stereocenters. The second-order valence-electron chi connectivity index (χ2n) is 20.9. The summed E-state index contributed by atoms with van der Waals surface area (Å²) in [6.45, 7) is 9.26. The van der Waals surface area contributed by atoms with E-state index in [1.807, 2.05) is 0 Å². The highest BCUT2D eigenvalue weighted by Crippen LogP contribution is 2.54. The lowest BCUT2D eigenvalue weighted by Gasteiger charge is -2.46. The Morgan fingerprint density at radius 2 is 0.662 bits per heavy atom. The van der Waals surface area contributed by atoms with Crippen LogP contribution in [0.3, 0.4) is 0 Å². The van der Waals surface area contributed by atoms with Crippen LogP contribution in [0, 0.1) is 6.92 Å². The molecular formula is C71H55BN2. The lowest BCUT2D eigenvalue weighted by Crippen LogP contribution is -2.61. The largest absolute Gasteiger partial charge is 0.310 e. The van der Waals surface area contributed by atoms with Gasteiger partial charge in [0.1, 0.15) is 0 Å². The van der Waals surface area contributed by atoms with Gasteiger partial charge in [0.15, 0.2) is 0 Å². The molecule has 2 aliphatic heterocycles. The first-order chi connectivity index (χ1) is 36.3. The van der Waals surface area contributed by atoms with Crippen molar-refractivity contribution in [1.29, 1.82) is 0 Å².